The first-order valence-corrected chi connectivity index (χ1v) is 7.40. The van der Waals surface area contributed by atoms with Crippen LogP contribution < -0.4 is 0 Å². The Balaban J connectivity index is 5.37. The van der Waals surface area contributed by atoms with E-state index in [9.17, 15) is 0 Å². The zero-order chi connectivity index (χ0) is 13.6. The molecule has 0 rings (SSSR count). The molecule has 1 atom stereocenters. The highest BCUT2D eigenvalue weighted by Crippen LogP contribution is 2.61. The summed E-state index contributed by atoms with van der Waals surface area (Å²) in [6.45, 7) is 0. The van der Waals surface area contributed by atoms with Crippen molar-refractivity contribution in [3.8, 4) is 0 Å². The van der Waals surface area contributed by atoms with E-state index < -0.39 is 21.6 Å². The lowest BCUT2D eigenvalue weighted by molar-refractivity contribution is 0.625. The summed E-state index contributed by atoms with van der Waals surface area (Å²) in [5.74, 6) is 0. The first kappa shape index (κ1) is 19.2. The van der Waals surface area contributed by atoms with Crippen molar-refractivity contribution in [3.63, 3.8) is 0 Å². The van der Waals surface area contributed by atoms with Crippen LogP contribution in [-0.4, -0.2) is 21.6 Å². The molecule has 0 fully saturated rings. The Kier molecular flexibility index (Phi) is 7.07. The second-order valence-electron chi connectivity index (χ2n) is 2.60. The fraction of sp³-hybridized carbons (Fsp3) is 1.00. The predicted molar refractivity (Wildman–Crippen MR) is 79.1 cm³/mol. The van der Waals surface area contributed by atoms with Gasteiger partial charge < -0.3 is 0 Å². The maximum atomic E-state index is 5.81. The van der Waals surface area contributed by atoms with Gasteiger partial charge in [0.2, 0.25) is 7.59 Å². The van der Waals surface area contributed by atoms with E-state index in [0.29, 0.717) is 0 Å². The van der Waals surface area contributed by atoms with Gasteiger partial charge >= 0.3 is 0 Å². The fourth-order valence-electron chi connectivity index (χ4n) is 0.554. The summed E-state index contributed by atoms with van der Waals surface area (Å²) >= 11 is 61.9. The lowest BCUT2D eigenvalue weighted by Gasteiger charge is -2.41. The van der Waals surface area contributed by atoms with Gasteiger partial charge in [-0.05, 0) is 0 Å². The number of hydrogen-bond donors (Lipinski definition) is 0. The lowest BCUT2D eigenvalue weighted by atomic mass is 10.2. The van der Waals surface area contributed by atoms with Crippen molar-refractivity contribution in [2.24, 2.45) is 0 Å². The van der Waals surface area contributed by atoms with Gasteiger partial charge in [0, 0.05) is 0 Å². The molecule has 0 N–H and O–H groups in total. The van der Waals surface area contributed by atoms with E-state index in [2.05, 4.69) is 0 Å². The molecule has 0 nitrogen and oxygen atoms in total. The lowest BCUT2D eigenvalue weighted by Crippen LogP contribution is -2.55. The standard InChI is InChI=1S/C5HCl11/c6-1(3(9,10)11)2(7,8)4(12,13)5(14,15)16/h1H. The largest absolute Gasteiger partial charge is 0.226 e. The minimum Gasteiger partial charge on any atom is -0.115 e. The summed E-state index contributed by atoms with van der Waals surface area (Å²) in [6.07, 6.45) is 0. The molecular weight excluding hydrogens is 450 g/mol. The van der Waals surface area contributed by atoms with Crippen molar-refractivity contribution in [1.82, 2.24) is 0 Å². The molecule has 0 aliphatic rings. The minimum absolute atomic E-state index is 1.53. The molecule has 0 saturated carbocycles. The molecule has 0 spiro atoms. The topological polar surface area (TPSA) is 0 Å². The SMILES string of the molecule is ClC(C(Cl)(Cl)Cl)C(Cl)(Cl)C(Cl)(Cl)C(Cl)(Cl)Cl. The molecule has 0 bridgehead atoms. The highest BCUT2D eigenvalue weighted by atomic mass is 35.6. The van der Waals surface area contributed by atoms with Crippen molar-refractivity contribution in [2.75, 3.05) is 0 Å². The van der Waals surface area contributed by atoms with Crippen LogP contribution in [0.1, 0.15) is 0 Å². The van der Waals surface area contributed by atoms with Crippen molar-refractivity contribution in [3.05, 3.63) is 0 Å². The zero-order valence-electron chi connectivity index (χ0n) is 6.73. The molecule has 0 aromatic rings. The summed E-state index contributed by atoms with van der Waals surface area (Å²) in [7, 11) is 0. The van der Waals surface area contributed by atoms with Crippen molar-refractivity contribution >= 4 is 128 Å². The Labute approximate surface area is 148 Å². The minimum atomic E-state index is -2.30. The predicted octanol–water partition coefficient (Wildman–Crippen LogP) is 6.68. The maximum absolute atomic E-state index is 5.81. The van der Waals surface area contributed by atoms with Crippen LogP contribution in [0.3, 0.4) is 0 Å². The fourth-order valence-corrected chi connectivity index (χ4v) is 3.22. The highest BCUT2D eigenvalue weighted by Gasteiger charge is 2.66. The van der Waals surface area contributed by atoms with Crippen LogP contribution >= 0.6 is 128 Å². The smallest absolute Gasteiger partial charge is 0.115 e. The van der Waals surface area contributed by atoms with Gasteiger partial charge in [-0.2, -0.15) is 0 Å². The number of halogens is 11. The molecule has 0 aromatic carbocycles. The molecule has 0 heterocycles. The highest BCUT2D eigenvalue weighted by molar-refractivity contribution is 6.80. The van der Waals surface area contributed by atoms with E-state index in [1.165, 1.54) is 0 Å². The molecule has 0 aliphatic heterocycles. The first-order valence-electron chi connectivity index (χ1n) is 3.19. The van der Waals surface area contributed by atoms with E-state index >= 15 is 0 Å². The molecule has 0 amide bonds. The Morgan fingerprint density at radius 2 is 0.938 bits per heavy atom. The van der Waals surface area contributed by atoms with Gasteiger partial charge in [0.1, 0.15) is 5.38 Å². The third kappa shape index (κ3) is 4.09. The average Bonchev–Trinajstić information content (AvgIpc) is 1.98. The van der Waals surface area contributed by atoms with E-state index in [-0.39, 0.29) is 0 Å². The van der Waals surface area contributed by atoms with Gasteiger partial charge in [0.25, 0.3) is 0 Å². The third-order valence-electron chi connectivity index (χ3n) is 1.38. The van der Waals surface area contributed by atoms with Crippen molar-refractivity contribution in [1.29, 1.82) is 0 Å². The Morgan fingerprint density at radius 1 is 0.625 bits per heavy atom. The van der Waals surface area contributed by atoms with Crippen LogP contribution in [0.2, 0.25) is 0 Å². The molecule has 0 aliphatic carbocycles. The molecule has 0 saturated heterocycles. The van der Waals surface area contributed by atoms with Crippen LogP contribution in [0.5, 0.6) is 0 Å². The first-order chi connectivity index (χ1) is 6.65. The number of rotatable bonds is 2. The van der Waals surface area contributed by atoms with Crippen LogP contribution in [-0.2, 0) is 0 Å². The monoisotopic (exact) mass is 446 g/mol. The van der Waals surface area contributed by atoms with Crippen LogP contribution in [0.25, 0.3) is 0 Å². The van der Waals surface area contributed by atoms with Crippen molar-refractivity contribution in [2.45, 2.75) is 21.6 Å². The molecular formula is C5HCl11. The van der Waals surface area contributed by atoms with E-state index in [1.54, 1.807) is 0 Å². The number of alkyl halides is 11. The summed E-state index contributed by atoms with van der Waals surface area (Å²) in [4.78, 5) is 0. The Hall–Kier alpha value is 3.19. The quantitative estimate of drug-likeness (QED) is 0.411. The third-order valence-corrected chi connectivity index (χ3v) is 7.23. The van der Waals surface area contributed by atoms with Crippen molar-refractivity contribution < 1.29 is 0 Å². The van der Waals surface area contributed by atoms with Gasteiger partial charge in [-0.25, -0.2) is 0 Å². The summed E-state index contributed by atoms with van der Waals surface area (Å²) < 4.78 is -8.84. The van der Waals surface area contributed by atoms with Crippen LogP contribution in [0, 0.1) is 0 Å². The van der Waals surface area contributed by atoms with E-state index in [0.717, 1.165) is 0 Å². The molecule has 1 unspecified atom stereocenters. The average molecular weight is 451 g/mol. The maximum Gasteiger partial charge on any atom is 0.226 e. The Morgan fingerprint density at radius 3 is 1.12 bits per heavy atom. The molecule has 16 heavy (non-hydrogen) atoms. The van der Waals surface area contributed by atoms with Gasteiger partial charge in [-0.15, -0.1) is 11.6 Å². The summed E-state index contributed by atoms with van der Waals surface area (Å²) in [5.41, 5.74) is 0. The van der Waals surface area contributed by atoms with Gasteiger partial charge in [0.15, 0.2) is 8.67 Å². The second kappa shape index (κ2) is 5.90. The molecule has 11 heteroatoms. The molecule has 98 valence electrons. The Bertz CT molecular complexity index is 244. The summed E-state index contributed by atoms with van der Waals surface area (Å²) in [5, 5.41) is -1.53. The van der Waals surface area contributed by atoms with Crippen LogP contribution in [0.4, 0.5) is 0 Å². The van der Waals surface area contributed by atoms with E-state index in [4.69, 9.17) is 128 Å². The van der Waals surface area contributed by atoms with Gasteiger partial charge in [-0.1, -0.05) is 116 Å². The normalized spacial score (nSPS) is 17.4. The molecule has 0 radical (unpaired) electrons. The zero-order valence-corrected chi connectivity index (χ0v) is 15.1. The second-order valence-corrected chi connectivity index (χ2v) is 10.4. The summed E-state index contributed by atoms with van der Waals surface area (Å²) in [6, 6.07) is 0. The molecule has 0 aromatic heterocycles. The number of hydrogen-bond acceptors (Lipinski definition) is 0. The van der Waals surface area contributed by atoms with Gasteiger partial charge in [0.05, 0.1) is 0 Å². The van der Waals surface area contributed by atoms with Gasteiger partial charge in [-0.3, -0.25) is 0 Å². The van der Waals surface area contributed by atoms with E-state index in [1.807, 2.05) is 0 Å². The van der Waals surface area contributed by atoms with Crippen LogP contribution in [0.15, 0.2) is 0 Å².